The second kappa shape index (κ2) is 4.89. The van der Waals surface area contributed by atoms with Crippen LogP contribution >= 0.6 is 0 Å². The second-order valence-corrected chi connectivity index (χ2v) is 3.80. The molecule has 78 valence electrons. The Morgan fingerprint density at radius 3 is 1.21 bits per heavy atom. The molecule has 0 N–H and O–H groups in total. The van der Waals surface area contributed by atoms with Gasteiger partial charge in [0, 0.05) is 0 Å². The third-order valence-electron chi connectivity index (χ3n) is 1.57. The zero-order valence-corrected chi connectivity index (χ0v) is 9.28. The molecule has 0 aliphatic heterocycles. The van der Waals surface area contributed by atoms with E-state index in [1.807, 2.05) is 52.0 Å². The predicted octanol–water partition coefficient (Wildman–Crippen LogP) is 3.26. The van der Waals surface area contributed by atoms with Gasteiger partial charge in [-0.25, -0.2) is 0 Å². The maximum Gasteiger partial charge on any atom is 0.119 e. The molecule has 0 aliphatic carbocycles. The molecule has 0 saturated heterocycles. The normalized spacial score (nSPS) is 10.7. The number of ether oxygens (including phenoxy) is 2. The first kappa shape index (κ1) is 10.9. The molecule has 0 heterocycles. The summed E-state index contributed by atoms with van der Waals surface area (Å²) in [6.45, 7) is 8.05. The van der Waals surface area contributed by atoms with Crippen molar-refractivity contribution in [2.45, 2.75) is 39.9 Å². The SMILES string of the molecule is CC(C)Oc1ccc(OC(C)C)cc1. The summed E-state index contributed by atoms with van der Waals surface area (Å²) in [5.74, 6) is 1.77. The smallest absolute Gasteiger partial charge is 0.119 e. The Hall–Kier alpha value is -1.18. The minimum absolute atomic E-state index is 0.215. The molecule has 1 aromatic rings. The Morgan fingerprint density at radius 2 is 1.00 bits per heavy atom. The van der Waals surface area contributed by atoms with E-state index in [-0.39, 0.29) is 12.2 Å². The zero-order chi connectivity index (χ0) is 10.6. The van der Waals surface area contributed by atoms with Crippen molar-refractivity contribution in [2.24, 2.45) is 0 Å². The van der Waals surface area contributed by atoms with Gasteiger partial charge in [0.1, 0.15) is 11.5 Å². The first-order chi connectivity index (χ1) is 6.58. The highest BCUT2D eigenvalue weighted by Crippen LogP contribution is 2.19. The number of rotatable bonds is 4. The summed E-state index contributed by atoms with van der Waals surface area (Å²) in [6.07, 6.45) is 0.429. The van der Waals surface area contributed by atoms with Gasteiger partial charge >= 0.3 is 0 Å². The largest absolute Gasteiger partial charge is 0.491 e. The van der Waals surface area contributed by atoms with Crippen molar-refractivity contribution in [1.29, 1.82) is 0 Å². The number of hydrogen-bond donors (Lipinski definition) is 0. The average Bonchev–Trinajstić information content (AvgIpc) is 2.06. The maximum absolute atomic E-state index is 5.52. The minimum Gasteiger partial charge on any atom is -0.491 e. The summed E-state index contributed by atoms with van der Waals surface area (Å²) in [6, 6.07) is 7.71. The van der Waals surface area contributed by atoms with E-state index in [0.717, 1.165) is 11.5 Å². The fraction of sp³-hybridized carbons (Fsp3) is 0.500. The van der Waals surface area contributed by atoms with Crippen LogP contribution in [0.25, 0.3) is 0 Å². The first-order valence-electron chi connectivity index (χ1n) is 5.01. The third kappa shape index (κ3) is 3.69. The summed E-state index contributed by atoms with van der Waals surface area (Å²) >= 11 is 0. The highest BCUT2D eigenvalue weighted by molar-refractivity contribution is 5.31. The van der Waals surface area contributed by atoms with Crippen LogP contribution in [0.1, 0.15) is 27.7 Å². The number of hydrogen-bond acceptors (Lipinski definition) is 2. The van der Waals surface area contributed by atoms with Gasteiger partial charge < -0.3 is 9.47 Å². The van der Waals surface area contributed by atoms with Gasteiger partial charge in [0.25, 0.3) is 0 Å². The van der Waals surface area contributed by atoms with Crippen molar-refractivity contribution in [2.75, 3.05) is 0 Å². The summed E-state index contributed by atoms with van der Waals surface area (Å²) in [7, 11) is 0. The van der Waals surface area contributed by atoms with E-state index in [2.05, 4.69) is 0 Å². The fourth-order valence-electron chi connectivity index (χ4n) is 1.14. The van der Waals surface area contributed by atoms with Crippen LogP contribution in [-0.4, -0.2) is 12.2 Å². The van der Waals surface area contributed by atoms with E-state index in [0.29, 0.717) is 0 Å². The van der Waals surface area contributed by atoms with Crippen LogP contribution in [0.5, 0.6) is 11.5 Å². The van der Waals surface area contributed by atoms with Gasteiger partial charge in [0.2, 0.25) is 0 Å². The molecule has 1 aromatic carbocycles. The van der Waals surface area contributed by atoms with E-state index >= 15 is 0 Å². The lowest BCUT2D eigenvalue weighted by molar-refractivity contribution is 0.235. The maximum atomic E-state index is 5.52. The molecular weight excluding hydrogens is 176 g/mol. The van der Waals surface area contributed by atoms with Crippen molar-refractivity contribution in [3.8, 4) is 11.5 Å². The summed E-state index contributed by atoms with van der Waals surface area (Å²) < 4.78 is 11.0. The van der Waals surface area contributed by atoms with E-state index in [1.165, 1.54) is 0 Å². The molecule has 0 fully saturated rings. The van der Waals surface area contributed by atoms with Gasteiger partial charge in [0.05, 0.1) is 12.2 Å². The number of benzene rings is 1. The lowest BCUT2D eigenvalue weighted by atomic mass is 10.3. The molecule has 2 heteroatoms. The standard InChI is InChI=1S/C12H18O2/c1-9(2)13-11-5-7-12(8-6-11)14-10(3)4/h5-10H,1-4H3. The minimum atomic E-state index is 0.215. The Balaban J connectivity index is 2.59. The van der Waals surface area contributed by atoms with Crippen LogP contribution in [0.2, 0.25) is 0 Å². The van der Waals surface area contributed by atoms with Crippen molar-refractivity contribution in [3.63, 3.8) is 0 Å². The summed E-state index contributed by atoms with van der Waals surface area (Å²) in [5.41, 5.74) is 0. The summed E-state index contributed by atoms with van der Waals surface area (Å²) in [5, 5.41) is 0. The molecule has 0 aliphatic rings. The monoisotopic (exact) mass is 194 g/mol. The third-order valence-corrected chi connectivity index (χ3v) is 1.57. The van der Waals surface area contributed by atoms with E-state index in [1.54, 1.807) is 0 Å². The van der Waals surface area contributed by atoms with Crippen LogP contribution in [-0.2, 0) is 0 Å². The quantitative estimate of drug-likeness (QED) is 0.732. The van der Waals surface area contributed by atoms with Crippen LogP contribution in [0.15, 0.2) is 24.3 Å². The topological polar surface area (TPSA) is 18.5 Å². The molecule has 0 saturated carbocycles. The highest BCUT2D eigenvalue weighted by Gasteiger charge is 1.99. The molecule has 0 amide bonds. The van der Waals surface area contributed by atoms with Gasteiger partial charge in [-0.2, -0.15) is 0 Å². The van der Waals surface area contributed by atoms with Crippen LogP contribution in [0.4, 0.5) is 0 Å². The molecule has 0 spiro atoms. The average molecular weight is 194 g/mol. The fourth-order valence-corrected chi connectivity index (χ4v) is 1.14. The first-order valence-corrected chi connectivity index (χ1v) is 5.01. The van der Waals surface area contributed by atoms with Crippen LogP contribution < -0.4 is 9.47 Å². The van der Waals surface area contributed by atoms with Crippen LogP contribution in [0, 0.1) is 0 Å². The molecule has 14 heavy (non-hydrogen) atoms. The van der Waals surface area contributed by atoms with E-state index < -0.39 is 0 Å². The molecular formula is C12H18O2. The second-order valence-electron chi connectivity index (χ2n) is 3.80. The molecule has 1 rings (SSSR count). The molecule has 0 bridgehead atoms. The van der Waals surface area contributed by atoms with E-state index in [9.17, 15) is 0 Å². The van der Waals surface area contributed by atoms with Crippen molar-refractivity contribution < 1.29 is 9.47 Å². The van der Waals surface area contributed by atoms with Crippen LogP contribution in [0.3, 0.4) is 0 Å². The molecule has 0 unspecified atom stereocenters. The predicted molar refractivity (Wildman–Crippen MR) is 58.0 cm³/mol. The lowest BCUT2D eigenvalue weighted by Crippen LogP contribution is -2.07. The van der Waals surface area contributed by atoms with E-state index in [4.69, 9.17) is 9.47 Å². The Bertz CT molecular complexity index is 233. The zero-order valence-electron chi connectivity index (χ0n) is 9.28. The summed E-state index contributed by atoms with van der Waals surface area (Å²) in [4.78, 5) is 0. The van der Waals surface area contributed by atoms with Gasteiger partial charge in [0.15, 0.2) is 0 Å². The lowest BCUT2D eigenvalue weighted by Gasteiger charge is -2.12. The van der Waals surface area contributed by atoms with Crippen molar-refractivity contribution >= 4 is 0 Å². The Morgan fingerprint density at radius 1 is 0.714 bits per heavy atom. The van der Waals surface area contributed by atoms with Gasteiger partial charge in [-0.1, -0.05) is 0 Å². The highest BCUT2D eigenvalue weighted by atomic mass is 16.5. The van der Waals surface area contributed by atoms with Gasteiger partial charge in [-0.05, 0) is 52.0 Å². The molecule has 0 aromatic heterocycles. The molecule has 0 radical (unpaired) electrons. The molecule has 0 atom stereocenters. The Labute approximate surface area is 85.8 Å². The van der Waals surface area contributed by atoms with Crippen molar-refractivity contribution in [1.82, 2.24) is 0 Å². The van der Waals surface area contributed by atoms with Gasteiger partial charge in [-0.3, -0.25) is 0 Å². The molecule has 2 nitrogen and oxygen atoms in total. The Kier molecular flexibility index (Phi) is 3.81. The van der Waals surface area contributed by atoms with Crippen molar-refractivity contribution in [3.05, 3.63) is 24.3 Å². The van der Waals surface area contributed by atoms with Gasteiger partial charge in [-0.15, -0.1) is 0 Å².